The minimum Gasteiger partial charge on any atom is -0.496 e. The predicted molar refractivity (Wildman–Crippen MR) is 148 cm³/mol. The smallest absolute Gasteiger partial charge is 0.263 e. The number of methoxy groups -OCH3 is 2. The highest BCUT2D eigenvalue weighted by molar-refractivity contribution is 7.22. The van der Waals surface area contributed by atoms with Gasteiger partial charge in [-0.05, 0) is 54.5 Å². The zero-order valence-electron chi connectivity index (χ0n) is 20.8. The molecule has 8 heteroatoms. The lowest BCUT2D eigenvalue weighted by Crippen LogP contribution is -2.39. The van der Waals surface area contributed by atoms with Gasteiger partial charge in [-0.15, -0.1) is 12.4 Å². The number of amides is 1. The van der Waals surface area contributed by atoms with E-state index in [9.17, 15) is 4.79 Å². The van der Waals surface area contributed by atoms with Crippen LogP contribution in [0.3, 0.4) is 0 Å². The Hall–Kier alpha value is -2.87. The molecular formula is C27H32ClN3O3S. The Balaban J connectivity index is 0.00000342. The number of thiazole rings is 1. The van der Waals surface area contributed by atoms with Crippen LogP contribution in [0.25, 0.3) is 21.0 Å². The number of benzene rings is 3. The molecule has 0 aliphatic rings. The molecule has 0 unspecified atom stereocenters. The van der Waals surface area contributed by atoms with Crippen molar-refractivity contribution in [2.45, 2.75) is 20.8 Å². The Morgan fingerprint density at radius 3 is 2.23 bits per heavy atom. The highest BCUT2D eigenvalue weighted by Crippen LogP contribution is 2.37. The van der Waals surface area contributed by atoms with E-state index >= 15 is 0 Å². The zero-order chi connectivity index (χ0) is 24.2. The molecule has 4 aromatic rings. The molecule has 0 saturated carbocycles. The van der Waals surface area contributed by atoms with Crippen molar-refractivity contribution < 1.29 is 14.3 Å². The molecule has 1 aromatic heterocycles. The molecular weight excluding hydrogens is 482 g/mol. The Labute approximate surface area is 216 Å². The van der Waals surface area contributed by atoms with E-state index in [1.807, 2.05) is 48.5 Å². The molecule has 0 bridgehead atoms. The number of nitrogens with zero attached hydrogens (tertiary/aromatic N) is 3. The van der Waals surface area contributed by atoms with Gasteiger partial charge in [0, 0.05) is 13.1 Å². The molecule has 1 heterocycles. The first-order chi connectivity index (χ1) is 16.5. The van der Waals surface area contributed by atoms with Crippen LogP contribution in [-0.4, -0.2) is 56.2 Å². The summed E-state index contributed by atoms with van der Waals surface area (Å²) in [7, 11) is 3.25. The fraction of sp³-hybridized carbons (Fsp3) is 0.333. The van der Waals surface area contributed by atoms with Crippen molar-refractivity contribution in [3.05, 3.63) is 59.7 Å². The third kappa shape index (κ3) is 5.37. The van der Waals surface area contributed by atoms with Crippen LogP contribution in [0.4, 0.5) is 5.13 Å². The van der Waals surface area contributed by atoms with Crippen LogP contribution in [0, 0.1) is 6.92 Å². The maximum absolute atomic E-state index is 14.0. The number of fused-ring (bicyclic) bond motifs is 2. The average Bonchev–Trinajstić information content (AvgIpc) is 3.32. The molecule has 0 saturated heterocycles. The summed E-state index contributed by atoms with van der Waals surface area (Å²) in [6.07, 6.45) is 0. The Kier molecular flexibility index (Phi) is 8.94. The number of hydrogen-bond donors (Lipinski definition) is 0. The van der Waals surface area contributed by atoms with E-state index < -0.39 is 0 Å². The van der Waals surface area contributed by atoms with Crippen LogP contribution in [0.5, 0.6) is 11.5 Å². The van der Waals surface area contributed by atoms with E-state index in [-0.39, 0.29) is 18.3 Å². The summed E-state index contributed by atoms with van der Waals surface area (Å²) in [5, 5.41) is 2.69. The van der Waals surface area contributed by atoms with Gasteiger partial charge >= 0.3 is 0 Å². The van der Waals surface area contributed by atoms with Gasteiger partial charge in [0.1, 0.15) is 17.0 Å². The largest absolute Gasteiger partial charge is 0.496 e. The van der Waals surface area contributed by atoms with E-state index in [0.717, 1.165) is 46.2 Å². The Bertz CT molecular complexity index is 1320. The molecule has 1 amide bonds. The van der Waals surface area contributed by atoms with Gasteiger partial charge in [-0.2, -0.15) is 0 Å². The summed E-state index contributed by atoms with van der Waals surface area (Å²) in [4.78, 5) is 23.0. The SMILES string of the molecule is CCN(CC)CCN(C(=O)c1cc2ccccc2cc1OC)c1nc2c(OC)ccc(C)c2s1.Cl. The van der Waals surface area contributed by atoms with Crippen molar-refractivity contribution in [1.82, 2.24) is 9.88 Å². The highest BCUT2D eigenvalue weighted by Gasteiger charge is 2.26. The van der Waals surface area contributed by atoms with Crippen molar-refractivity contribution >= 4 is 55.8 Å². The second kappa shape index (κ2) is 11.7. The summed E-state index contributed by atoms with van der Waals surface area (Å²) >= 11 is 1.52. The van der Waals surface area contributed by atoms with Crippen molar-refractivity contribution in [2.24, 2.45) is 0 Å². The van der Waals surface area contributed by atoms with E-state index in [0.29, 0.717) is 28.7 Å². The Morgan fingerprint density at radius 1 is 0.943 bits per heavy atom. The quantitative estimate of drug-likeness (QED) is 0.267. The van der Waals surface area contributed by atoms with E-state index in [2.05, 4.69) is 25.7 Å². The number of anilines is 1. The second-order valence-corrected chi connectivity index (χ2v) is 9.12. The molecule has 0 aliphatic carbocycles. The zero-order valence-corrected chi connectivity index (χ0v) is 22.5. The summed E-state index contributed by atoms with van der Waals surface area (Å²) in [6, 6.07) is 15.8. The van der Waals surface area contributed by atoms with Crippen molar-refractivity contribution in [3.63, 3.8) is 0 Å². The normalized spacial score (nSPS) is 11.0. The number of aryl methyl sites for hydroxylation is 1. The third-order valence-electron chi connectivity index (χ3n) is 6.22. The van der Waals surface area contributed by atoms with Crippen LogP contribution < -0.4 is 14.4 Å². The number of likely N-dealkylation sites (N-methyl/N-ethyl adjacent to an activating group) is 1. The molecule has 0 atom stereocenters. The summed E-state index contributed by atoms with van der Waals surface area (Å²) < 4.78 is 12.2. The van der Waals surface area contributed by atoms with E-state index in [4.69, 9.17) is 14.5 Å². The number of carbonyl (C=O) groups is 1. The molecule has 0 N–H and O–H groups in total. The van der Waals surface area contributed by atoms with Crippen LogP contribution in [0.1, 0.15) is 29.8 Å². The van der Waals surface area contributed by atoms with Gasteiger partial charge in [0.25, 0.3) is 5.91 Å². The van der Waals surface area contributed by atoms with Gasteiger partial charge in [-0.1, -0.05) is 55.5 Å². The van der Waals surface area contributed by atoms with Crippen LogP contribution in [0.15, 0.2) is 48.5 Å². The summed E-state index contributed by atoms with van der Waals surface area (Å²) in [5.74, 6) is 1.15. The lowest BCUT2D eigenvalue weighted by atomic mass is 10.0. The predicted octanol–water partition coefficient (Wildman–Crippen LogP) is 6.19. The monoisotopic (exact) mass is 513 g/mol. The number of carbonyl (C=O) groups excluding carboxylic acids is 1. The molecule has 0 radical (unpaired) electrons. The second-order valence-electron chi connectivity index (χ2n) is 8.14. The summed E-state index contributed by atoms with van der Waals surface area (Å²) in [6.45, 7) is 9.44. The van der Waals surface area contributed by atoms with Crippen LogP contribution in [0.2, 0.25) is 0 Å². The number of halogens is 1. The van der Waals surface area contributed by atoms with Crippen LogP contribution in [-0.2, 0) is 0 Å². The van der Waals surface area contributed by atoms with E-state index in [1.165, 1.54) is 11.3 Å². The van der Waals surface area contributed by atoms with Crippen molar-refractivity contribution in [1.29, 1.82) is 0 Å². The first-order valence-corrected chi connectivity index (χ1v) is 12.4. The standard InChI is InChI=1S/C27H31N3O3S.ClH/c1-6-29(7-2)14-15-30(27-28-24-22(32-4)13-12-18(3)25(24)34-27)26(31)21-16-19-10-8-9-11-20(19)17-23(21)33-5;/h8-13,16-17H,6-7,14-15H2,1-5H3;1H. The lowest BCUT2D eigenvalue weighted by Gasteiger charge is -2.25. The van der Waals surface area contributed by atoms with Crippen LogP contribution >= 0.6 is 23.7 Å². The van der Waals surface area contributed by atoms with Gasteiger partial charge in [0.05, 0.1) is 24.5 Å². The molecule has 0 fully saturated rings. The van der Waals surface area contributed by atoms with Gasteiger partial charge in [-0.25, -0.2) is 4.98 Å². The number of hydrogen-bond acceptors (Lipinski definition) is 6. The number of rotatable bonds is 9. The fourth-order valence-electron chi connectivity index (χ4n) is 4.14. The molecule has 0 spiro atoms. The summed E-state index contributed by atoms with van der Waals surface area (Å²) in [5.41, 5.74) is 2.43. The van der Waals surface area contributed by atoms with E-state index in [1.54, 1.807) is 19.1 Å². The van der Waals surface area contributed by atoms with Gasteiger partial charge < -0.3 is 14.4 Å². The first-order valence-electron chi connectivity index (χ1n) is 11.6. The maximum Gasteiger partial charge on any atom is 0.263 e. The molecule has 0 aliphatic heterocycles. The Morgan fingerprint density at radius 2 is 1.60 bits per heavy atom. The molecule has 6 nitrogen and oxygen atoms in total. The first kappa shape index (κ1) is 26.7. The topological polar surface area (TPSA) is 54.9 Å². The molecule has 186 valence electrons. The minimum absolute atomic E-state index is 0. The van der Waals surface area contributed by atoms with Gasteiger partial charge in [0.2, 0.25) is 0 Å². The molecule has 3 aromatic carbocycles. The molecule has 4 rings (SSSR count). The third-order valence-corrected chi connectivity index (χ3v) is 7.43. The highest BCUT2D eigenvalue weighted by atomic mass is 35.5. The van der Waals surface area contributed by atoms with Gasteiger partial charge in [-0.3, -0.25) is 9.69 Å². The lowest BCUT2D eigenvalue weighted by molar-refractivity contribution is 0.0981. The fourth-order valence-corrected chi connectivity index (χ4v) is 5.22. The number of ether oxygens (including phenoxy) is 2. The maximum atomic E-state index is 14.0. The van der Waals surface area contributed by atoms with Crippen molar-refractivity contribution in [3.8, 4) is 11.5 Å². The average molecular weight is 514 g/mol. The van der Waals surface area contributed by atoms with Crippen molar-refractivity contribution in [2.75, 3.05) is 45.3 Å². The minimum atomic E-state index is -0.120. The van der Waals surface area contributed by atoms with Gasteiger partial charge in [0.15, 0.2) is 5.13 Å². The molecule has 35 heavy (non-hydrogen) atoms. The number of aromatic nitrogens is 1.